The van der Waals surface area contributed by atoms with Crippen molar-refractivity contribution in [2.24, 2.45) is 0 Å². The van der Waals surface area contributed by atoms with E-state index >= 15 is 0 Å². The van der Waals surface area contributed by atoms with Gasteiger partial charge in [-0.25, -0.2) is 19.4 Å². The summed E-state index contributed by atoms with van der Waals surface area (Å²) in [5.41, 5.74) is 5.37. The molecule has 0 radical (unpaired) electrons. The quantitative estimate of drug-likeness (QED) is 0.221. The van der Waals surface area contributed by atoms with E-state index in [1.807, 2.05) is 84.3 Å². The van der Waals surface area contributed by atoms with Crippen LogP contribution in [0.5, 0.6) is 0 Å². The summed E-state index contributed by atoms with van der Waals surface area (Å²) in [5.74, 6) is 1.36. The fourth-order valence-electron chi connectivity index (χ4n) is 6.06. The predicted octanol–water partition coefficient (Wildman–Crippen LogP) is 5.81. The van der Waals surface area contributed by atoms with Crippen LogP contribution in [0, 0.1) is 0 Å². The zero-order valence-corrected chi connectivity index (χ0v) is 25.5. The van der Waals surface area contributed by atoms with E-state index in [0.29, 0.717) is 35.6 Å². The van der Waals surface area contributed by atoms with Crippen molar-refractivity contribution in [3.8, 4) is 28.2 Å². The molecule has 10 nitrogen and oxygen atoms in total. The Morgan fingerprint density at radius 3 is 2.15 bits per heavy atom. The van der Waals surface area contributed by atoms with E-state index in [9.17, 15) is 9.59 Å². The Morgan fingerprint density at radius 1 is 0.804 bits per heavy atom. The molecule has 4 aromatic carbocycles. The second-order valence-electron chi connectivity index (χ2n) is 11.2. The highest BCUT2D eigenvalue weighted by Crippen LogP contribution is 2.30. The Kier molecular flexibility index (Phi) is 7.67. The van der Waals surface area contributed by atoms with Crippen molar-refractivity contribution in [1.82, 2.24) is 39.3 Å². The average molecular weight is 609 g/mol. The molecule has 0 aliphatic heterocycles. The first kappa shape index (κ1) is 28.8. The van der Waals surface area contributed by atoms with Gasteiger partial charge in [0.2, 0.25) is 0 Å². The minimum absolute atomic E-state index is 0.358. The first-order chi connectivity index (χ1) is 22.5. The zero-order chi connectivity index (χ0) is 31.6. The van der Waals surface area contributed by atoms with Crippen LogP contribution in [0.25, 0.3) is 39.4 Å². The molecule has 0 spiro atoms. The fourth-order valence-corrected chi connectivity index (χ4v) is 6.06. The van der Waals surface area contributed by atoms with Gasteiger partial charge in [-0.1, -0.05) is 104 Å². The van der Waals surface area contributed by atoms with Crippen LogP contribution in [0.1, 0.15) is 43.3 Å². The van der Waals surface area contributed by atoms with Gasteiger partial charge in [0, 0.05) is 18.5 Å². The fraction of sp³-hybridized carbons (Fsp3) is 0.167. The second-order valence-corrected chi connectivity index (χ2v) is 11.2. The molecule has 1 unspecified atom stereocenters. The Morgan fingerprint density at radius 2 is 1.48 bits per heavy atom. The molecule has 0 aliphatic carbocycles. The predicted molar refractivity (Wildman–Crippen MR) is 178 cm³/mol. The van der Waals surface area contributed by atoms with Crippen molar-refractivity contribution in [3.63, 3.8) is 0 Å². The highest BCUT2D eigenvalue weighted by atomic mass is 16.2. The average Bonchev–Trinajstić information content (AvgIpc) is 3.75. The van der Waals surface area contributed by atoms with E-state index in [1.54, 1.807) is 16.7 Å². The van der Waals surface area contributed by atoms with Crippen molar-refractivity contribution in [2.45, 2.75) is 39.3 Å². The van der Waals surface area contributed by atoms with E-state index in [4.69, 9.17) is 4.98 Å². The molecule has 1 atom stereocenters. The summed E-state index contributed by atoms with van der Waals surface area (Å²) < 4.78 is 4.92. The Balaban J connectivity index is 1.38. The number of H-pyrrole nitrogens is 1. The molecule has 3 aromatic heterocycles. The molecule has 0 saturated heterocycles. The molecule has 0 fully saturated rings. The number of nitrogens with zero attached hydrogens (tertiary/aromatic N) is 7. The van der Waals surface area contributed by atoms with Gasteiger partial charge in [0.25, 0.3) is 5.56 Å². The van der Waals surface area contributed by atoms with Crippen molar-refractivity contribution < 1.29 is 0 Å². The highest BCUT2D eigenvalue weighted by molar-refractivity contribution is 5.80. The molecule has 10 heteroatoms. The van der Waals surface area contributed by atoms with Crippen LogP contribution < -0.4 is 11.2 Å². The maximum Gasteiger partial charge on any atom is 0.337 e. The standard InChI is InChI=1S/C36H32N8O2/c1-3-12-31-37-34-32(35(45)44(28-15-8-5-9-16-28)36(46)43(34)24(2)26-13-6-4-7-14-26)42(31)23-25-19-21-27(22-20-25)29-17-10-11-18-30(29)33-38-40-41-39-33/h4-11,13-22,24H,3,12,23H2,1-2H3,(H,38,39,40,41). The van der Waals surface area contributed by atoms with Crippen LogP contribution in [0.15, 0.2) is 119 Å². The first-order valence-corrected chi connectivity index (χ1v) is 15.3. The molecular weight excluding hydrogens is 576 g/mol. The van der Waals surface area contributed by atoms with Gasteiger partial charge < -0.3 is 4.57 Å². The summed E-state index contributed by atoms with van der Waals surface area (Å²) in [7, 11) is 0. The molecule has 46 heavy (non-hydrogen) atoms. The molecule has 0 amide bonds. The lowest BCUT2D eigenvalue weighted by atomic mass is 9.98. The summed E-state index contributed by atoms with van der Waals surface area (Å²) in [6, 6.07) is 34.8. The number of benzene rings is 4. The molecule has 0 saturated carbocycles. The highest BCUT2D eigenvalue weighted by Gasteiger charge is 2.25. The van der Waals surface area contributed by atoms with Gasteiger partial charge in [0.05, 0.1) is 11.7 Å². The molecule has 228 valence electrons. The maximum atomic E-state index is 14.3. The zero-order valence-electron chi connectivity index (χ0n) is 25.5. The van der Waals surface area contributed by atoms with Gasteiger partial charge in [0.15, 0.2) is 17.0 Å². The Labute approximate surface area is 264 Å². The summed E-state index contributed by atoms with van der Waals surface area (Å²) >= 11 is 0. The van der Waals surface area contributed by atoms with Crippen LogP contribution in [-0.4, -0.2) is 39.3 Å². The number of imidazole rings is 1. The van der Waals surface area contributed by atoms with Crippen LogP contribution in [0.2, 0.25) is 0 Å². The molecule has 0 aliphatic rings. The summed E-state index contributed by atoms with van der Waals surface area (Å²) in [4.78, 5) is 33.5. The van der Waals surface area contributed by atoms with Gasteiger partial charge in [0.1, 0.15) is 5.82 Å². The molecule has 7 aromatic rings. The van der Waals surface area contributed by atoms with Crippen LogP contribution >= 0.6 is 0 Å². The molecular formula is C36H32N8O2. The summed E-state index contributed by atoms with van der Waals surface area (Å²) in [5, 5.41) is 14.4. The van der Waals surface area contributed by atoms with Crippen LogP contribution in [-0.2, 0) is 13.0 Å². The minimum atomic E-state index is -0.419. The number of tetrazole rings is 1. The van der Waals surface area contributed by atoms with Crippen LogP contribution in [0.4, 0.5) is 0 Å². The molecule has 7 rings (SSSR count). The van der Waals surface area contributed by atoms with E-state index in [2.05, 4.69) is 51.8 Å². The number of rotatable bonds is 9. The van der Waals surface area contributed by atoms with Crippen molar-refractivity contribution in [2.75, 3.05) is 0 Å². The van der Waals surface area contributed by atoms with Gasteiger partial charge in [-0.05, 0) is 58.2 Å². The van der Waals surface area contributed by atoms with E-state index in [-0.39, 0.29) is 11.6 Å². The van der Waals surface area contributed by atoms with Crippen LogP contribution in [0.3, 0.4) is 0 Å². The number of fused-ring (bicyclic) bond motifs is 1. The largest absolute Gasteiger partial charge is 0.337 e. The summed E-state index contributed by atoms with van der Waals surface area (Å²) in [6.45, 7) is 4.48. The number of nitrogens with one attached hydrogen (secondary N) is 1. The third kappa shape index (κ3) is 5.13. The maximum absolute atomic E-state index is 14.3. The lowest BCUT2D eigenvalue weighted by Crippen LogP contribution is -2.40. The second kappa shape index (κ2) is 12.2. The van der Waals surface area contributed by atoms with E-state index < -0.39 is 5.69 Å². The smallest absolute Gasteiger partial charge is 0.318 e. The third-order valence-electron chi connectivity index (χ3n) is 8.35. The lowest BCUT2D eigenvalue weighted by Gasteiger charge is -2.19. The number of hydrogen-bond acceptors (Lipinski definition) is 6. The third-order valence-corrected chi connectivity index (χ3v) is 8.35. The number of aryl methyl sites for hydroxylation is 1. The van der Waals surface area contributed by atoms with Crippen molar-refractivity contribution in [3.05, 3.63) is 147 Å². The van der Waals surface area contributed by atoms with Crippen molar-refractivity contribution in [1.29, 1.82) is 0 Å². The number of hydrogen-bond donors (Lipinski definition) is 1. The number of para-hydroxylation sites is 1. The Hall–Kier alpha value is -5.90. The normalized spacial score (nSPS) is 12.0. The van der Waals surface area contributed by atoms with E-state index in [0.717, 1.165) is 40.1 Å². The SMILES string of the molecule is CCCc1nc2c(c(=O)n(-c3ccccc3)c(=O)n2C(C)c2ccccc2)n1Cc1ccc(-c2ccccc2-c2nnn[nH]2)cc1. The topological polar surface area (TPSA) is 116 Å². The number of aromatic amines is 1. The molecule has 0 bridgehead atoms. The molecule has 3 heterocycles. The first-order valence-electron chi connectivity index (χ1n) is 15.3. The Bertz CT molecular complexity index is 2230. The van der Waals surface area contributed by atoms with Gasteiger partial charge in [-0.15, -0.1) is 5.10 Å². The monoisotopic (exact) mass is 608 g/mol. The lowest BCUT2D eigenvalue weighted by molar-refractivity contribution is 0.596. The van der Waals surface area contributed by atoms with E-state index in [1.165, 1.54) is 4.57 Å². The summed E-state index contributed by atoms with van der Waals surface area (Å²) in [6.07, 6.45) is 1.49. The minimum Gasteiger partial charge on any atom is -0.318 e. The number of aromatic nitrogens is 8. The van der Waals surface area contributed by atoms with Gasteiger partial charge in [-0.2, -0.15) is 0 Å². The van der Waals surface area contributed by atoms with Gasteiger partial charge >= 0.3 is 5.69 Å². The van der Waals surface area contributed by atoms with Gasteiger partial charge in [-0.3, -0.25) is 9.36 Å². The van der Waals surface area contributed by atoms with Crippen molar-refractivity contribution >= 4 is 11.2 Å². The molecule has 1 N–H and O–H groups in total.